The minimum absolute atomic E-state index is 0.192. The number of hydrogen-bond acceptors (Lipinski definition) is 3. The summed E-state index contributed by atoms with van der Waals surface area (Å²) in [6, 6.07) is 6.33. The monoisotopic (exact) mass is 247 g/mol. The highest BCUT2D eigenvalue weighted by molar-refractivity contribution is 6.23. The lowest BCUT2D eigenvalue weighted by molar-refractivity contribution is -0.122. The van der Waals surface area contributed by atoms with Gasteiger partial charge in [0.2, 0.25) is 0 Å². The van der Waals surface area contributed by atoms with Crippen LogP contribution in [0, 0.1) is 0 Å². The summed E-state index contributed by atoms with van der Waals surface area (Å²) in [4.78, 5) is 25.5. The number of amides is 3. The van der Waals surface area contributed by atoms with Gasteiger partial charge in [-0.2, -0.15) is 0 Å². The van der Waals surface area contributed by atoms with Crippen molar-refractivity contribution in [2.45, 2.75) is 32.2 Å². The molecule has 2 rings (SSSR count). The van der Waals surface area contributed by atoms with Gasteiger partial charge in [-0.05, 0) is 37.1 Å². The van der Waals surface area contributed by atoms with E-state index in [2.05, 4.69) is 5.32 Å². The molecule has 3 amide bonds. The minimum atomic E-state index is -0.765. The Kier molecular flexibility index (Phi) is 2.98. The second-order valence-corrected chi connectivity index (χ2v) is 4.45. The van der Waals surface area contributed by atoms with Gasteiger partial charge in [-0.1, -0.05) is 13.8 Å². The van der Waals surface area contributed by atoms with Gasteiger partial charge >= 0.3 is 6.03 Å². The first-order valence-electron chi connectivity index (χ1n) is 6.06. The molecule has 1 heterocycles. The third kappa shape index (κ3) is 1.72. The van der Waals surface area contributed by atoms with Crippen molar-refractivity contribution in [1.82, 2.24) is 5.32 Å². The molecule has 0 saturated carbocycles. The summed E-state index contributed by atoms with van der Waals surface area (Å²) < 4.78 is 0. The van der Waals surface area contributed by atoms with Crippen LogP contribution in [0.25, 0.3) is 0 Å². The van der Waals surface area contributed by atoms with Crippen LogP contribution in [-0.2, 0) is 4.79 Å². The number of rotatable bonds is 3. The molecule has 1 fully saturated rings. The Labute approximate surface area is 106 Å². The Hall–Kier alpha value is -2.04. The van der Waals surface area contributed by atoms with E-state index in [1.54, 1.807) is 24.3 Å². The van der Waals surface area contributed by atoms with Crippen LogP contribution in [0.4, 0.5) is 16.2 Å². The molecule has 1 aromatic rings. The van der Waals surface area contributed by atoms with E-state index in [0.717, 1.165) is 0 Å². The summed E-state index contributed by atoms with van der Waals surface area (Å²) in [6.45, 7) is 3.79. The van der Waals surface area contributed by atoms with Crippen molar-refractivity contribution < 1.29 is 9.59 Å². The molecule has 3 N–H and O–H groups in total. The van der Waals surface area contributed by atoms with Crippen molar-refractivity contribution in [1.29, 1.82) is 0 Å². The van der Waals surface area contributed by atoms with Crippen LogP contribution in [0.2, 0.25) is 0 Å². The summed E-state index contributed by atoms with van der Waals surface area (Å²) in [7, 11) is 0. The van der Waals surface area contributed by atoms with Crippen molar-refractivity contribution in [2.75, 3.05) is 10.6 Å². The molecular formula is C13H17N3O2. The number of hydrogen-bond donors (Lipinski definition) is 2. The lowest BCUT2D eigenvalue weighted by Gasteiger charge is -2.23. The SMILES string of the molecule is CCC1(CC)NC(=O)N(c2ccc(N)cc2)C1=O. The van der Waals surface area contributed by atoms with Crippen LogP contribution in [0.1, 0.15) is 26.7 Å². The molecule has 1 saturated heterocycles. The van der Waals surface area contributed by atoms with E-state index in [1.807, 2.05) is 13.8 Å². The zero-order valence-electron chi connectivity index (χ0n) is 10.6. The Morgan fingerprint density at radius 1 is 1.17 bits per heavy atom. The first kappa shape index (κ1) is 12.4. The first-order valence-corrected chi connectivity index (χ1v) is 6.06. The van der Waals surface area contributed by atoms with Crippen LogP contribution in [-0.4, -0.2) is 17.5 Å². The number of nitrogens with one attached hydrogen (secondary N) is 1. The highest BCUT2D eigenvalue weighted by Gasteiger charge is 2.49. The lowest BCUT2D eigenvalue weighted by Crippen LogP contribution is -2.45. The molecule has 1 aliphatic rings. The van der Waals surface area contributed by atoms with Gasteiger partial charge in [0.05, 0.1) is 5.69 Å². The molecule has 1 aliphatic heterocycles. The molecule has 0 spiro atoms. The summed E-state index contributed by atoms with van der Waals surface area (Å²) in [5, 5.41) is 2.79. The fraction of sp³-hybridized carbons (Fsp3) is 0.385. The van der Waals surface area contributed by atoms with Gasteiger partial charge in [0.25, 0.3) is 5.91 Å². The molecule has 0 unspecified atom stereocenters. The first-order chi connectivity index (χ1) is 8.54. The summed E-state index contributed by atoms with van der Waals surface area (Å²) in [6.07, 6.45) is 1.17. The van der Waals surface area contributed by atoms with E-state index in [0.29, 0.717) is 24.2 Å². The Bertz CT molecular complexity index is 478. The van der Waals surface area contributed by atoms with Gasteiger partial charge in [-0.3, -0.25) is 4.79 Å². The molecule has 5 heteroatoms. The highest BCUT2D eigenvalue weighted by atomic mass is 16.2. The number of nitrogens with two attached hydrogens (primary N) is 1. The number of benzene rings is 1. The average Bonchev–Trinajstić information content (AvgIpc) is 2.63. The normalized spacial score (nSPS) is 18.0. The van der Waals surface area contributed by atoms with Crippen LogP contribution in [0.5, 0.6) is 0 Å². The highest BCUT2D eigenvalue weighted by Crippen LogP contribution is 2.29. The van der Waals surface area contributed by atoms with Crippen molar-refractivity contribution in [2.24, 2.45) is 0 Å². The number of carbonyl (C=O) groups is 2. The summed E-state index contributed by atoms with van der Waals surface area (Å²) in [5.41, 5.74) is 5.98. The zero-order chi connectivity index (χ0) is 13.3. The molecule has 0 radical (unpaired) electrons. The average molecular weight is 247 g/mol. The van der Waals surface area contributed by atoms with Gasteiger partial charge in [0.1, 0.15) is 5.54 Å². The summed E-state index contributed by atoms with van der Waals surface area (Å²) in [5.74, 6) is -0.192. The van der Waals surface area contributed by atoms with E-state index in [1.165, 1.54) is 4.90 Å². The van der Waals surface area contributed by atoms with Gasteiger partial charge in [-0.15, -0.1) is 0 Å². The third-order valence-corrected chi connectivity index (χ3v) is 3.52. The minimum Gasteiger partial charge on any atom is -0.399 e. The van der Waals surface area contributed by atoms with Gasteiger partial charge in [0, 0.05) is 5.69 Å². The summed E-state index contributed by atoms with van der Waals surface area (Å²) >= 11 is 0. The predicted octanol–water partition coefficient (Wildman–Crippen LogP) is 1.88. The third-order valence-electron chi connectivity index (χ3n) is 3.52. The van der Waals surface area contributed by atoms with Gasteiger partial charge in [-0.25, -0.2) is 9.69 Å². The van der Waals surface area contributed by atoms with Crippen LogP contribution in [0.3, 0.4) is 0 Å². The number of nitrogens with zero attached hydrogens (tertiary/aromatic N) is 1. The Morgan fingerprint density at radius 3 is 2.17 bits per heavy atom. The molecule has 18 heavy (non-hydrogen) atoms. The smallest absolute Gasteiger partial charge is 0.329 e. The van der Waals surface area contributed by atoms with Crippen molar-refractivity contribution >= 4 is 23.3 Å². The van der Waals surface area contributed by atoms with E-state index in [9.17, 15) is 9.59 Å². The fourth-order valence-corrected chi connectivity index (χ4v) is 2.21. The fourth-order valence-electron chi connectivity index (χ4n) is 2.21. The predicted molar refractivity (Wildman–Crippen MR) is 70.2 cm³/mol. The van der Waals surface area contributed by atoms with E-state index in [-0.39, 0.29) is 11.9 Å². The zero-order valence-corrected chi connectivity index (χ0v) is 10.6. The van der Waals surface area contributed by atoms with E-state index < -0.39 is 5.54 Å². The van der Waals surface area contributed by atoms with Gasteiger partial charge in [0.15, 0.2) is 0 Å². The Balaban J connectivity index is 2.38. The second kappa shape index (κ2) is 4.33. The quantitative estimate of drug-likeness (QED) is 0.632. The van der Waals surface area contributed by atoms with Crippen LogP contribution in [0.15, 0.2) is 24.3 Å². The van der Waals surface area contributed by atoms with Crippen LogP contribution >= 0.6 is 0 Å². The van der Waals surface area contributed by atoms with Crippen molar-refractivity contribution in [3.05, 3.63) is 24.3 Å². The molecule has 1 aromatic carbocycles. The van der Waals surface area contributed by atoms with Crippen molar-refractivity contribution in [3.63, 3.8) is 0 Å². The number of urea groups is 1. The second-order valence-electron chi connectivity index (χ2n) is 4.45. The maximum Gasteiger partial charge on any atom is 0.329 e. The molecule has 96 valence electrons. The molecule has 0 atom stereocenters. The topological polar surface area (TPSA) is 75.4 Å². The van der Waals surface area contributed by atoms with Crippen molar-refractivity contribution in [3.8, 4) is 0 Å². The maximum absolute atomic E-state index is 12.4. The molecular weight excluding hydrogens is 230 g/mol. The number of anilines is 2. The number of carbonyl (C=O) groups excluding carboxylic acids is 2. The molecule has 5 nitrogen and oxygen atoms in total. The molecule has 0 aliphatic carbocycles. The van der Waals surface area contributed by atoms with Crippen LogP contribution < -0.4 is 16.0 Å². The van der Waals surface area contributed by atoms with Gasteiger partial charge < -0.3 is 11.1 Å². The van der Waals surface area contributed by atoms with E-state index >= 15 is 0 Å². The standard InChI is InChI=1S/C13H17N3O2/c1-3-13(4-2)11(17)16(12(18)15-13)10-7-5-9(14)6-8-10/h5-8H,3-4,14H2,1-2H3,(H,15,18). The lowest BCUT2D eigenvalue weighted by atomic mass is 9.93. The van der Waals surface area contributed by atoms with E-state index in [4.69, 9.17) is 5.73 Å². The largest absolute Gasteiger partial charge is 0.399 e. The number of nitrogen functional groups attached to an aromatic ring is 1. The molecule has 0 aromatic heterocycles. The molecule has 0 bridgehead atoms. The Morgan fingerprint density at radius 2 is 1.72 bits per heavy atom. The maximum atomic E-state index is 12.4. The number of imide groups is 1.